The molecule has 0 aliphatic carbocycles. The Hall–Kier alpha value is -1.62. The van der Waals surface area contributed by atoms with Crippen LogP contribution in [-0.4, -0.2) is 17.0 Å². The first-order chi connectivity index (χ1) is 7.78. The molecule has 0 fully saturated rings. The van der Waals surface area contributed by atoms with Crippen molar-refractivity contribution < 1.29 is 4.39 Å². The Morgan fingerprint density at radius 1 is 1.19 bits per heavy atom. The van der Waals surface area contributed by atoms with Crippen LogP contribution in [0.15, 0.2) is 46.5 Å². The van der Waals surface area contributed by atoms with Crippen LogP contribution in [0.5, 0.6) is 0 Å². The van der Waals surface area contributed by atoms with Gasteiger partial charge in [-0.15, -0.1) is 0 Å². The van der Waals surface area contributed by atoms with Crippen LogP contribution in [0.25, 0.3) is 0 Å². The van der Waals surface area contributed by atoms with Crippen LogP contribution in [0, 0.1) is 5.82 Å². The third-order valence-electron chi connectivity index (χ3n) is 1.89. The maximum absolute atomic E-state index is 12.7. The monoisotopic (exact) mass is 235 g/mol. The Morgan fingerprint density at radius 2 is 1.94 bits per heavy atom. The van der Waals surface area contributed by atoms with Crippen molar-refractivity contribution in [3.63, 3.8) is 0 Å². The predicted molar refractivity (Wildman–Crippen MR) is 62.1 cm³/mol. The van der Waals surface area contributed by atoms with Gasteiger partial charge in [-0.05, 0) is 30.3 Å². The zero-order chi connectivity index (χ0) is 11.4. The van der Waals surface area contributed by atoms with Gasteiger partial charge in [0.2, 0.25) is 5.95 Å². The molecule has 0 aliphatic heterocycles. The highest BCUT2D eigenvalue weighted by Gasteiger charge is 2.00. The zero-order valence-electron chi connectivity index (χ0n) is 8.64. The van der Waals surface area contributed by atoms with Crippen LogP contribution in [0.3, 0.4) is 0 Å². The lowest BCUT2D eigenvalue weighted by Crippen LogP contribution is -1.95. The molecule has 82 valence electrons. The van der Waals surface area contributed by atoms with Gasteiger partial charge in [-0.3, -0.25) is 0 Å². The topological polar surface area (TPSA) is 37.8 Å². The fraction of sp³-hybridized carbons (Fsp3) is 0.0909. The lowest BCUT2D eigenvalue weighted by Gasteiger charge is -2.02. The number of hydrogen-bond acceptors (Lipinski definition) is 4. The molecule has 1 N–H and O–H groups in total. The normalized spacial score (nSPS) is 10.1. The Balaban J connectivity index is 2.16. The maximum Gasteiger partial charge on any atom is 0.223 e. The summed E-state index contributed by atoms with van der Waals surface area (Å²) < 4.78 is 12.7. The van der Waals surface area contributed by atoms with E-state index in [0.29, 0.717) is 5.95 Å². The second-order valence-electron chi connectivity index (χ2n) is 3.02. The van der Waals surface area contributed by atoms with E-state index in [1.54, 1.807) is 25.4 Å². The minimum Gasteiger partial charge on any atom is -0.357 e. The molecular weight excluding hydrogens is 225 g/mol. The Bertz CT molecular complexity index is 473. The molecule has 1 heterocycles. The average molecular weight is 235 g/mol. The number of nitrogens with zero attached hydrogens (tertiary/aromatic N) is 2. The van der Waals surface area contributed by atoms with Gasteiger partial charge in [0, 0.05) is 18.1 Å². The van der Waals surface area contributed by atoms with Crippen molar-refractivity contribution in [3.05, 3.63) is 42.3 Å². The second-order valence-corrected chi connectivity index (χ2v) is 4.12. The summed E-state index contributed by atoms with van der Waals surface area (Å²) in [6.07, 6.45) is 1.69. The Morgan fingerprint density at radius 3 is 2.62 bits per heavy atom. The summed E-state index contributed by atoms with van der Waals surface area (Å²) in [4.78, 5) is 9.22. The molecule has 2 rings (SSSR count). The van der Waals surface area contributed by atoms with Crippen LogP contribution in [-0.2, 0) is 0 Å². The van der Waals surface area contributed by atoms with Crippen molar-refractivity contribution in [2.75, 3.05) is 12.4 Å². The lowest BCUT2D eigenvalue weighted by molar-refractivity contribution is 0.626. The molecule has 0 amide bonds. The number of hydrogen-bond donors (Lipinski definition) is 1. The zero-order valence-corrected chi connectivity index (χ0v) is 9.46. The van der Waals surface area contributed by atoms with Crippen molar-refractivity contribution in [1.29, 1.82) is 0 Å². The van der Waals surface area contributed by atoms with Gasteiger partial charge in [-0.25, -0.2) is 14.4 Å². The van der Waals surface area contributed by atoms with Crippen LogP contribution >= 0.6 is 11.8 Å². The van der Waals surface area contributed by atoms with Gasteiger partial charge in [-0.1, -0.05) is 11.8 Å². The highest BCUT2D eigenvalue weighted by atomic mass is 32.2. The van der Waals surface area contributed by atoms with E-state index in [9.17, 15) is 4.39 Å². The van der Waals surface area contributed by atoms with Gasteiger partial charge >= 0.3 is 0 Å². The molecule has 0 saturated heterocycles. The van der Waals surface area contributed by atoms with Crippen LogP contribution in [0.4, 0.5) is 10.3 Å². The molecule has 0 spiro atoms. The quantitative estimate of drug-likeness (QED) is 0.830. The smallest absolute Gasteiger partial charge is 0.223 e. The molecular formula is C11H10FN3S. The fourth-order valence-electron chi connectivity index (χ4n) is 1.14. The predicted octanol–water partition coefficient (Wildman–Crippen LogP) is 2.81. The van der Waals surface area contributed by atoms with Gasteiger partial charge in [0.05, 0.1) is 0 Å². The summed E-state index contributed by atoms with van der Waals surface area (Å²) in [5.74, 6) is 0.343. The molecule has 0 radical (unpaired) electrons. The number of anilines is 1. The molecule has 0 atom stereocenters. The first-order valence-corrected chi connectivity index (χ1v) is 5.54. The van der Waals surface area contributed by atoms with E-state index in [4.69, 9.17) is 0 Å². The van der Waals surface area contributed by atoms with Crippen LogP contribution in [0.2, 0.25) is 0 Å². The summed E-state index contributed by atoms with van der Waals surface area (Å²) >= 11 is 1.47. The van der Waals surface area contributed by atoms with Crippen molar-refractivity contribution in [3.8, 4) is 0 Å². The summed E-state index contributed by atoms with van der Waals surface area (Å²) in [7, 11) is 1.77. The van der Waals surface area contributed by atoms with Crippen molar-refractivity contribution in [1.82, 2.24) is 9.97 Å². The number of nitrogens with one attached hydrogen (secondary N) is 1. The molecule has 0 aliphatic rings. The number of halogens is 1. The molecule has 1 aromatic carbocycles. The van der Waals surface area contributed by atoms with Crippen LogP contribution < -0.4 is 5.32 Å². The van der Waals surface area contributed by atoms with Crippen molar-refractivity contribution in [2.45, 2.75) is 9.92 Å². The van der Waals surface area contributed by atoms with E-state index in [0.717, 1.165) is 9.92 Å². The highest BCUT2D eigenvalue weighted by molar-refractivity contribution is 7.99. The van der Waals surface area contributed by atoms with Crippen molar-refractivity contribution >= 4 is 17.7 Å². The lowest BCUT2D eigenvalue weighted by atomic mass is 10.4. The SMILES string of the molecule is CNc1nccc(Sc2ccc(F)cc2)n1. The van der Waals surface area contributed by atoms with Gasteiger partial charge in [-0.2, -0.15) is 0 Å². The van der Waals surface area contributed by atoms with E-state index < -0.39 is 0 Å². The largest absolute Gasteiger partial charge is 0.357 e. The number of aromatic nitrogens is 2. The standard InChI is InChI=1S/C11H10FN3S/c1-13-11-14-7-6-10(15-11)16-9-4-2-8(12)3-5-9/h2-7H,1H3,(H,13,14,15). The molecule has 0 unspecified atom stereocenters. The summed E-state index contributed by atoms with van der Waals surface area (Å²) in [5.41, 5.74) is 0. The minimum absolute atomic E-state index is 0.233. The minimum atomic E-state index is -0.233. The molecule has 2 aromatic rings. The van der Waals surface area contributed by atoms with Gasteiger partial charge < -0.3 is 5.32 Å². The Kier molecular flexibility index (Phi) is 3.36. The first-order valence-electron chi connectivity index (χ1n) is 4.72. The van der Waals surface area contributed by atoms with Crippen LogP contribution in [0.1, 0.15) is 0 Å². The van der Waals surface area contributed by atoms with Gasteiger partial charge in [0.1, 0.15) is 10.8 Å². The third kappa shape index (κ3) is 2.70. The summed E-state index contributed by atoms with van der Waals surface area (Å²) in [5, 5.41) is 3.69. The third-order valence-corrected chi connectivity index (χ3v) is 2.83. The summed E-state index contributed by atoms with van der Waals surface area (Å²) in [6, 6.07) is 8.13. The van der Waals surface area contributed by atoms with E-state index in [1.165, 1.54) is 23.9 Å². The highest BCUT2D eigenvalue weighted by Crippen LogP contribution is 2.26. The molecule has 0 saturated carbocycles. The first kappa shape index (κ1) is 10.9. The second kappa shape index (κ2) is 4.94. The molecule has 0 bridgehead atoms. The Labute approximate surface area is 97.1 Å². The molecule has 5 heteroatoms. The van der Waals surface area contributed by atoms with E-state index in [2.05, 4.69) is 15.3 Å². The van der Waals surface area contributed by atoms with E-state index >= 15 is 0 Å². The molecule has 3 nitrogen and oxygen atoms in total. The average Bonchev–Trinajstić information content (AvgIpc) is 2.32. The molecule has 16 heavy (non-hydrogen) atoms. The summed E-state index contributed by atoms with van der Waals surface area (Å²) in [6.45, 7) is 0. The number of benzene rings is 1. The van der Waals surface area contributed by atoms with E-state index in [1.807, 2.05) is 6.07 Å². The van der Waals surface area contributed by atoms with Gasteiger partial charge in [0.15, 0.2) is 0 Å². The molecule has 1 aromatic heterocycles. The van der Waals surface area contributed by atoms with Gasteiger partial charge in [0.25, 0.3) is 0 Å². The van der Waals surface area contributed by atoms with Crippen molar-refractivity contribution in [2.24, 2.45) is 0 Å². The van der Waals surface area contributed by atoms with E-state index in [-0.39, 0.29) is 5.82 Å². The fourth-order valence-corrected chi connectivity index (χ4v) is 1.92. The maximum atomic E-state index is 12.7. The number of rotatable bonds is 3.